The molecular formula is C18H14FN5O3. The molecule has 2 N–H and O–H groups in total. The predicted molar refractivity (Wildman–Crippen MR) is 94.3 cm³/mol. The third kappa shape index (κ3) is 3.15. The first kappa shape index (κ1) is 16.9. The van der Waals surface area contributed by atoms with Crippen LogP contribution in [0.4, 0.5) is 10.1 Å². The second-order valence-electron chi connectivity index (χ2n) is 5.87. The maximum atomic E-state index is 13.1. The molecule has 2 amide bonds. The number of fused-ring (bicyclic) bond motifs is 1. The van der Waals surface area contributed by atoms with Crippen LogP contribution in [0.15, 0.2) is 54.2 Å². The fraction of sp³-hybridized carbons (Fsp3) is 0.111. The first-order valence-corrected chi connectivity index (χ1v) is 8.13. The van der Waals surface area contributed by atoms with Crippen LogP contribution in [0, 0.1) is 5.82 Å². The highest BCUT2D eigenvalue weighted by Crippen LogP contribution is 2.21. The average molecular weight is 367 g/mol. The Balaban J connectivity index is 1.59. The third-order valence-electron chi connectivity index (χ3n) is 4.05. The van der Waals surface area contributed by atoms with Crippen LogP contribution in [0.3, 0.4) is 0 Å². The fourth-order valence-corrected chi connectivity index (χ4v) is 2.75. The molecule has 0 saturated carbocycles. The number of aliphatic hydroxyl groups is 1. The van der Waals surface area contributed by atoms with Crippen molar-refractivity contribution >= 4 is 28.5 Å². The van der Waals surface area contributed by atoms with E-state index < -0.39 is 11.8 Å². The van der Waals surface area contributed by atoms with Gasteiger partial charge >= 0.3 is 0 Å². The second kappa shape index (κ2) is 6.61. The van der Waals surface area contributed by atoms with Gasteiger partial charge in [-0.15, -0.1) is 10.2 Å². The lowest BCUT2D eigenvalue weighted by molar-refractivity contribution is -0.137. The molecule has 2 aromatic carbocycles. The molecular weight excluding hydrogens is 353 g/mol. The number of β-amino-alcohol motifs (C(OH)–C–C–N with tert-alkyl or cyclic N) is 1. The molecule has 1 aliphatic rings. The Hall–Kier alpha value is -3.59. The highest BCUT2D eigenvalue weighted by Gasteiger charge is 2.30. The maximum Gasteiger partial charge on any atom is 0.277 e. The molecule has 0 unspecified atom stereocenters. The highest BCUT2D eigenvalue weighted by atomic mass is 19.1. The van der Waals surface area contributed by atoms with E-state index in [1.165, 1.54) is 23.0 Å². The first-order chi connectivity index (χ1) is 13.0. The number of nitrogens with one attached hydrogen (secondary N) is 1. The minimum Gasteiger partial charge on any atom is -0.395 e. The van der Waals surface area contributed by atoms with Crippen LogP contribution in [-0.2, 0) is 9.59 Å². The molecule has 136 valence electrons. The molecule has 9 heteroatoms. The summed E-state index contributed by atoms with van der Waals surface area (Å²) in [6, 6.07) is 10.9. The van der Waals surface area contributed by atoms with Crippen molar-refractivity contribution in [1.29, 1.82) is 0 Å². The number of aliphatic hydroxyl groups excluding tert-OH is 1. The molecule has 0 fully saturated rings. The van der Waals surface area contributed by atoms with Crippen LogP contribution >= 0.6 is 0 Å². The number of anilines is 1. The molecule has 2 heterocycles. The number of nitrogens with zero attached hydrogens (tertiary/aromatic N) is 4. The summed E-state index contributed by atoms with van der Waals surface area (Å²) in [5, 5.41) is 20.5. The van der Waals surface area contributed by atoms with Gasteiger partial charge in [0.15, 0.2) is 0 Å². The summed E-state index contributed by atoms with van der Waals surface area (Å²) in [5.41, 5.74) is 2.48. The minimum atomic E-state index is -0.496. The molecule has 0 atom stereocenters. The lowest BCUT2D eigenvalue weighted by Crippen LogP contribution is -2.34. The minimum absolute atomic E-state index is 0.0512. The maximum absolute atomic E-state index is 13.1. The molecule has 0 radical (unpaired) electrons. The summed E-state index contributed by atoms with van der Waals surface area (Å²) in [7, 11) is 0. The lowest BCUT2D eigenvalue weighted by Gasteiger charge is -2.13. The van der Waals surface area contributed by atoms with Crippen molar-refractivity contribution < 1.29 is 19.1 Å². The number of amides is 2. The zero-order valence-corrected chi connectivity index (χ0v) is 14.0. The van der Waals surface area contributed by atoms with Gasteiger partial charge in [0, 0.05) is 11.8 Å². The van der Waals surface area contributed by atoms with Crippen molar-refractivity contribution in [3.63, 3.8) is 0 Å². The second-order valence-corrected chi connectivity index (χ2v) is 5.87. The number of carbonyl (C=O) groups is 2. The number of hydrogen-bond acceptors (Lipinski definition) is 6. The van der Waals surface area contributed by atoms with Crippen molar-refractivity contribution in [3.05, 3.63) is 60.1 Å². The van der Waals surface area contributed by atoms with Gasteiger partial charge < -0.3 is 10.4 Å². The van der Waals surface area contributed by atoms with E-state index in [1.807, 2.05) is 0 Å². The van der Waals surface area contributed by atoms with Crippen LogP contribution in [0.1, 0.15) is 0 Å². The standard InChI is InChI=1S/C18H14FN5O3/c19-11-1-4-13(5-2-11)24-21-14-6-3-12(9-15(14)22-24)20-16-10-17(26)23(7-8-25)18(16)27/h1-6,9-10,20,25H,7-8H2. The number of halogens is 1. The first-order valence-electron chi connectivity index (χ1n) is 8.13. The Morgan fingerprint density at radius 1 is 1.04 bits per heavy atom. The SMILES string of the molecule is O=C1C=C(Nc2ccc3nn(-c4ccc(F)cc4)nc3c2)C(=O)N1CCO. The van der Waals surface area contributed by atoms with Gasteiger partial charge in [-0.05, 0) is 42.5 Å². The molecule has 8 nitrogen and oxygen atoms in total. The molecule has 0 aliphatic carbocycles. The molecule has 3 aromatic rings. The Labute approximate surface area is 152 Å². The van der Waals surface area contributed by atoms with E-state index in [-0.39, 0.29) is 24.7 Å². The molecule has 1 aliphatic heterocycles. The van der Waals surface area contributed by atoms with E-state index >= 15 is 0 Å². The van der Waals surface area contributed by atoms with Crippen LogP contribution in [0.5, 0.6) is 0 Å². The summed E-state index contributed by atoms with van der Waals surface area (Å²) < 4.78 is 13.1. The summed E-state index contributed by atoms with van der Waals surface area (Å²) in [6.45, 7) is -0.346. The van der Waals surface area contributed by atoms with E-state index in [2.05, 4.69) is 15.5 Å². The number of benzene rings is 2. The zero-order valence-electron chi connectivity index (χ0n) is 14.0. The van der Waals surface area contributed by atoms with Crippen molar-refractivity contribution in [1.82, 2.24) is 19.9 Å². The Morgan fingerprint density at radius 3 is 2.52 bits per heavy atom. The van der Waals surface area contributed by atoms with Gasteiger partial charge in [0.05, 0.1) is 18.8 Å². The molecule has 0 spiro atoms. The van der Waals surface area contributed by atoms with Crippen molar-refractivity contribution in [2.24, 2.45) is 0 Å². The largest absolute Gasteiger partial charge is 0.395 e. The van der Waals surface area contributed by atoms with Crippen LogP contribution in [0.25, 0.3) is 16.7 Å². The van der Waals surface area contributed by atoms with Gasteiger partial charge in [-0.2, -0.15) is 4.80 Å². The summed E-state index contributed by atoms with van der Waals surface area (Å²) in [5.74, 6) is -1.31. The van der Waals surface area contributed by atoms with E-state index in [1.54, 1.807) is 30.3 Å². The van der Waals surface area contributed by atoms with Gasteiger partial charge in [0.25, 0.3) is 11.8 Å². The Bertz CT molecular complexity index is 1070. The number of rotatable bonds is 5. The van der Waals surface area contributed by atoms with Gasteiger partial charge in [0.2, 0.25) is 0 Å². The molecule has 0 bridgehead atoms. The van der Waals surface area contributed by atoms with Gasteiger partial charge in [-0.3, -0.25) is 14.5 Å². The van der Waals surface area contributed by atoms with Gasteiger partial charge in [-0.1, -0.05) is 0 Å². The van der Waals surface area contributed by atoms with Gasteiger partial charge in [-0.25, -0.2) is 4.39 Å². The monoisotopic (exact) mass is 367 g/mol. The van der Waals surface area contributed by atoms with E-state index in [9.17, 15) is 14.0 Å². The zero-order chi connectivity index (χ0) is 19.0. The molecule has 1 aromatic heterocycles. The smallest absolute Gasteiger partial charge is 0.277 e. The van der Waals surface area contributed by atoms with Crippen LogP contribution in [-0.4, -0.2) is 50.0 Å². The third-order valence-corrected chi connectivity index (χ3v) is 4.05. The Morgan fingerprint density at radius 2 is 1.78 bits per heavy atom. The molecule has 0 saturated heterocycles. The van der Waals surface area contributed by atoms with Crippen LogP contribution in [0.2, 0.25) is 0 Å². The predicted octanol–water partition coefficient (Wildman–Crippen LogP) is 1.22. The fourth-order valence-electron chi connectivity index (χ4n) is 2.75. The summed E-state index contributed by atoms with van der Waals surface area (Å²) in [6.07, 6.45) is 1.19. The van der Waals surface area contributed by atoms with E-state index in [0.29, 0.717) is 22.4 Å². The quantitative estimate of drug-likeness (QED) is 0.658. The normalized spacial score (nSPS) is 14.1. The number of aromatic nitrogens is 3. The van der Waals surface area contributed by atoms with E-state index in [4.69, 9.17) is 5.11 Å². The molecule has 27 heavy (non-hydrogen) atoms. The van der Waals surface area contributed by atoms with Crippen molar-refractivity contribution in [2.75, 3.05) is 18.5 Å². The summed E-state index contributed by atoms with van der Waals surface area (Å²) >= 11 is 0. The molecule has 4 rings (SSSR count). The number of hydrogen-bond donors (Lipinski definition) is 2. The topological polar surface area (TPSA) is 100 Å². The highest BCUT2D eigenvalue weighted by molar-refractivity contribution is 6.17. The van der Waals surface area contributed by atoms with Crippen molar-refractivity contribution in [3.8, 4) is 5.69 Å². The summed E-state index contributed by atoms with van der Waals surface area (Å²) in [4.78, 5) is 26.3. The lowest BCUT2D eigenvalue weighted by atomic mass is 10.2. The van der Waals surface area contributed by atoms with E-state index in [0.717, 1.165) is 4.90 Å². The average Bonchev–Trinajstić information content (AvgIpc) is 3.19. The Kier molecular flexibility index (Phi) is 4.13. The number of imide groups is 1. The number of carbonyl (C=O) groups excluding carboxylic acids is 2. The van der Waals surface area contributed by atoms with Gasteiger partial charge in [0.1, 0.15) is 22.5 Å². The van der Waals surface area contributed by atoms with Crippen molar-refractivity contribution in [2.45, 2.75) is 0 Å². The van der Waals surface area contributed by atoms with Crippen LogP contribution < -0.4 is 5.32 Å².